The predicted molar refractivity (Wildman–Crippen MR) is 129 cm³/mol. The number of benzene rings is 3. The van der Waals surface area contributed by atoms with Gasteiger partial charge in [0.1, 0.15) is 5.82 Å². The van der Waals surface area contributed by atoms with Crippen molar-refractivity contribution in [1.29, 1.82) is 0 Å². The maximum Gasteiger partial charge on any atom is 0.124 e. The SMILES string of the molecule is CSc1ccc([C@H]2N(Cc3ccccc3C)CCCN2Cc2ccc(F)cc2Cl)cc1. The monoisotopic (exact) mass is 454 g/mol. The topological polar surface area (TPSA) is 6.48 Å². The molecule has 5 heteroatoms. The first-order valence-electron chi connectivity index (χ1n) is 10.7. The molecule has 162 valence electrons. The molecule has 0 amide bonds. The number of thioether (sulfide) groups is 1. The van der Waals surface area contributed by atoms with E-state index >= 15 is 0 Å². The van der Waals surface area contributed by atoms with Gasteiger partial charge in [0.2, 0.25) is 0 Å². The van der Waals surface area contributed by atoms with Gasteiger partial charge in [0.05, 0.1) is 6.17 Å². The maximum atomic E-state index is 13.6. The predicted octanol–water partition coefficient (Wildman–Crippen LogP) is 6.92. The van der Waals surface area contributed by atoms with Crippen molar-refractivity contribution in [3.63, 3.8) is 0 Å². The lowest BCUT2D eigenvalue weighted by atomic mass is 10.0. The molecule has 0 saturated carbocycles. The smallest absolute Gasteiger partial charge is 0.124 e. The lowest BCUT2D eigenvalue weighted by Gasteiger charge is -2.44. The Balaban J connectivity index is 1.67. The van der Waals surface area contributed by atoms with Gasteiger partial charge in [-0.1, -0.05) is 54.1 Å². The lowest BCUT2D eigenvalue weighted by molar-refractivity contribution is -0.00920. The average Bonchev–Trinajstić information content (AvgIpc) is 2.78. The number of rotatable bonds is 6. The Bertz CT molecular complexity index is 1020. The molecule has 1 fully saturated rings. The van der Waals surface area contributed by atoms with Crippen LogP contribution in [0.15, 0.2) is 71.6 Å². The zero-order valence-electron chi connectivity index (χ0n) is 18.0. The molecule has 1 heterocycles. The number of nitrogens with zero attached hydrogens (tertiary/aromatic N) is 2. The zero-order chi connectivity index (χ0) is 21.8. The van der Waals surface area contributed by atoms with E-state index in [0.29, 0.717) is 11.6 Å². The Morgan fingerprint density at radius 3 is 2.26 bits per heavy atom. The van der Waals surface area contributed by atoms with Crippen LogP contribution in [0, 0.1) is 12.7 Å². The minimum atomic E-state index is -0.294. The maximum absolute atomic E-state index is 13.6. The number of hydrogen-bond acceptors (Lipinski definition) is 3. The molecule has 31 heavy (non-hydrogen) atoms. The van der Waals surface area contributed by atoms with E-state index in [0.717, 1.165) is 31.6 Å². The van der Waals surface area contributed by atoms with Gasteiger partial charge >= 0.3 is 0 Å². The molecular weight excluding hydrogens is 427 g/mol. The fourth-order valence-electron chi connectivity index (χ4n) is 4.36. The molecular formula is C26H28ClFN2S. The highest BCUT2D eigenvalue weighted by Crippen LogP contribution is 2.34. The molecule has 1 atom stereocenters. The summed E-state index contributed by atoms with van der Waals surface area (Å²) in [6.07, 6.45) is 3.33. The van der Waals surface area contributed by atoms with Crippen LogP contribution >= 0.6 is 23.4 Å². The zero-order valence-corrected chi connectivity index (χ0v) is 19.6. The number of hydrogen-bond donors (Lipinski definition) is 0. The van der Waals surface area contributed by atoms with E-state index in [1.165, 1.54) is 33.7 Å². The van der Waals surface area contributed by atoms with Crippen molar-refractivity contribution < 1.29 is 4.39 Å². The van der Waals surface area contributed by atoms with Crippen LogP contribution in [0.4, 0.5) is 4.39 Å². The van der Waals surface area contributed by atoms with E-state index in [-0.39, 0.29) is 12.0 Å². The minimum Gasteiger partial charge on any atom is -0.280 e. The summed E-state index contributed by atoms with van der Waals surface area (Å²) in [5, 5.41) is 0.493. The summed E-state index contributed by atoms with van der Waals surface area (Å²) in [6.45, 7) is 5.79. The van der Waals surface area contributed by atoms with Crippen molar-refractivity contribution in [2.75, 3.05) is 19.3 Å². The van der Waals surface area contributed by atoms with E-state index in [1.54, 1.807) is 11.8 Å². The van der Waals surface area contributed by atoms with E-state index in [2.05, 4.69) is 71.5 Å². The first-order valence-corrected chi connectivity index (χ1v) is 12.3. The van der Waals surface area contributed by atoms with Gasteiger partial charge in [-0.15, -0.1) is 11.8 Å². The third-order valence-corrected chi connectivity index (χ3v) is 7.12. The van der Waals surface area contributed by atoms with Gasteiger partial charge in [0, 0.05) is 36.1 Å². The average molecular weight is 455 g/mol. The molecule has 0 aromatic heterocycles. The van der Waals surface area contributed by atoms with Gasteiger partial charge in [-0.05, 0) is 66.1 Å². The van der Waals surface area contributed by atoms with Gasteiger partial charge in [0.25, 0.3) is 0 Å². The molecule has 3 aromatic rings. The third-order valence-electron chi connectivity index (χ3n) is 6.02. The molecule has 2 nitrogen and oxygen atoms in total. The summed E-state index contributed by atoms with van der Waals surface area (Å²) in [6, 6.07) is 22.2. The second-order valence-corrected chi connectivity index (χ2v) is 9.39. The molecule has 3 aromatic carbocycles. The van der Waals surface area contributed by atoms with Crippen molar-refractivity contribution in [1.82, 2.24) is 9.80 Å². The van der Waals surface area contributed by atoms with Crippen LogP contribution in [0.5, 0.6) is 0 Å². The van der Waals surface area contributed by atoms with Crippen LogP contribution in [0.25, 0.3) is 0 Å². The Kier molecular flexibility index (Phi) is 7.34. The Morgan fingerprint density at radius 2 is 1.61 bits per heavy atom. The molecule has 1 aliphatic heterocycles. The fourth-order valence-corrected chi connectivity index (χ4v) is 4.99. The highest BCUT2D eigenvalue weighted by atomic mass is 35.5. The van der Waals surface area contributed by atoms with Gasteiger partial charge in [-0.25, -0.2) is 4.39 Å². The highest BCUT2D eigenvalue weighted by Gasteiger charge is 2.31. The molecule has 1 aliphatic rings. The lowest BCUT2D eigenvalue weighted by Crippen LogP contribution is -2.47. The van der Waals surface area contributed by atoms with Crippen molar-refractivity contribution in [2.45, 2.75) is 37.5 Å². The molecule has 0 unspecified atom stereocenters. The molecule has 0 radical (unpaired) electrons. The normalized spacial score (nSPS) is 17.7. The minimum absolute atomic E-state index is 0.144. The first-order chi connectivity index (χ1) is 15.0. The van der Waals surface area contributed by atoms with Crippen molar-refractivity contribution in [2.24, 2.45) is 0 Å². The van der Waals surface area contributed by atoms with Gasteiger partial charge in [-0.2, -0.15) is 0 Å². The second kappa shape index (κ2) is 10.2. The molecule has 0 N–H and O–H groups in total. The summed E-state index contributed by atoms with van der Waals surface area (Å²) < 4.78 is 13.6. The van der Waals surface area contributed by atoms with E-state index in [1.807, 2.05) is 6.07 Å². The Morgan fingerprint density at radius 1 is 0.935 bits per heavy atom. The fraction of sp³-hybridized carbons (Fsp3) is 0.308. The largest absolute Gasteiger partial charge is 0.280 e. The summed E-state index contributed by atoms with van der Waals surface area (Å²) in [5.74, 6) is -0.294. The molecule has 0 spiro atoms. The Hall–Kier alpha value is -1.85. The molecule has 1 saturated heterocycles. The number of aryl methyl sites for hydroxylation is 1. The molecule has 0 bridgehead atoms. The summed E-state index contributed by atoms with van der Waals surface area (Å²) in [5.41, 5.74) is 4.92. The quantitative estimate of drug-likeness (QED) is 0.373. The first kappa shape index (κ1) is 22.3. The highest BCUT2D eigenvalue weighted by molar-refractivity contribution is 7.98. The summed E-state index contributed by atoms with van der Waals surface area (Å²) in [4.78, 5) is 6.28. The van der Waals surface area contributed by atoms with Crippen molar-refractivity contribution >= 4 is 23.4 Å². The Labute approximate surface area is 194 Å². The van der Waals surface area contributed by atoms with Gasteiger partial charge < -0.3 is 0 Å². The standard InChI is InChI=1S/C26H28ClFN2S/c1-19-6-3-4-7-21(19)17-29-14-5-15-30(18-22-8-11-23(28)16-25(22)27)26(29)20-9-12-24(31-2)13-10-20/h3-4,6-13,16,26H,5,14-15,17-18H2,1-2H3/t26-/m0/s1. The van der Waals surface area contributed by atoms with E-state index in [9.17, 15) is 4.39 Å². The second-order valence-electron chi connectivity index (χ2n) is 8.10. The van der Waals surface area contributed by atoms with Crippen LogP contribution in [-0.2, 0) is 13.1 Å². The van der Waals surface area contributed by atoms with Gasteiger partial charge in [0.15, 0.2) is 0 Å². The van der Waals surface area contributed by atoms with Crippen LogP contribution in [0.1, 0.15) is 34.8 Å². The van der Waals surface area contributed by atoms with Crippen molar-refractivity contribution in [3.8, 4) is 0 Å². The summed E-state index contributed by atoms with van der Waals surface area (Å²) >= 11 is 8.14. The van der Waals surface area contributed by atoms with Crippen LogP contribution in [-0.4, -0.2) is 29.1 Å². The van der Waals surface area contributed by atoms with Crippen LogP contribution < -0.4 is 0 Å². The van der Waals surface area contributed by atoms with E-state index < -0.39 is 0 Å². The van der Waals surface area contributed by atoms with Crippen molar-refractivity contribution in [3.05, 3.63) is 99.8 Å². The summed E-state index contributed by atoms with van der Waals surface area (Å²) in [7, 11) is 0. The number of halogens is 2. The van der Waals surface area contributed by atoms with Crippen LogP contribution in [0.3, 0.4) is 0 Å². The van der Waals surface area contributed by atoms with Gasteiger partial charge in [-0.3, -0.25) is 9.80 Å². The third kappa shape index (κ3) is 5.32. The van der Waals surface area contributed by atoms with Crippen LogP contribution in [0.2, 0.25) is 5.02 Å². The molecule has 4 rings (SSSR count). The molecule has 0 aliphatic carbocycles. The van der Waals surface area contributed by atoms with E-state index in [4.69, 9.17) is 11.6 Å².